The highest BCUT2D eigenvalue weighted by Crippen LogP contribution is 2.31. The Kier molecular flexibility index (Phi) is 10.1. The number of thioether (sulfide) groups is 1. The van der Waals surface area contributed by atoms with Gasteiger partial charge in [0.05, 0.1) is 5.56 Å². The summed E-state index contributed by atoms with van der Waals surface area (Å²) in [5.74, 6) is -0.00802. The lowest BCUT2D eigenvalue weighted by Gasteiger charge is -2.15. The third kappa shape index (κ3) is 7.03. The van der Waals surface area contributed by atoms with Gasteiger partial charge in [0.25, 0.3) is 0 Å². The summed E-state index contributed by atoms with van der Waals surface area (Å²) < 4.78 is 12.4. The minimum absolute atomic E-state index is 0. The number of aromatic nitrogens is 2. The predicted octanol–water partition coefficient (Wildman–Crippen LogP) is 3.31. The van der Waals surface area contributed by atoms with E-state index in [1.165, 1.54) is 35.5 Å². The summed E-state index contributed by atoms with van der Waals surface area (Å²) in [7, 11) is 0. The summed E-state index contributed by atoms with van der Waals surface area (Å²) in [6, 6.07) is 10.2. The van der Waals surface area contributed by atoms with Crippen LogP contribution in [0.3, 0.4) is 0 Å². The maximum absolute atomic E-state index is 12.1. The molecule has 1 saturated heterocycles. The molecule has 0 aliphatic carbocycles. The van der Waals surface area contributed by atoms with E-state index in [0.29, 0.717) is 11.3 Å². The molecule has 0 spiro atoms. The Morgan fingerprint density at radius 3 is 2.59 bits per heavy atom. The first-order valence-electron chi connectivity index (χ1n) is 8.89. The number of ether oxygens (including phenoxy) is 2. The lowest BCUT2D eigenvalue weighted by atomic mass is 10.2. The maximum atomic E-state index is 12.1. The average Bonchev–Trinajstić information content (AvgIpc) is 3.16. The van der Waals surface area contributed by atoms with Crippen LogP contribution in [-0.2, 0) is 14.3 Å². The van der Waals surface area contributed by atoms with Crippen LogP contribution in [0.4, 0.5) is 5.82 Å². The lowest BCUT2D eigenvalue weighted by molar-refractivity contribution is -0.114. The molecule has 9 heteroatoms. The van der Waals surface area contributed by atoms with Gasteiger partial charge in [0.2, 0.25) is 5.91 Å². The van der Waals surface area contributed by atoms with Crippen molar-refractivity contribution in [3.63, 3.8) is 0 Å². The van der Waals surface area contributed by atoms with Gasteiger partial charge in [-0.1, -0.05) is 39.5 Å². The fourth-order valence-corrected chi connectivity index (χ4v) is 3.35. The van der Waals surface area contributed by atoms with Gasteiger partial charge < -0.3 is 14.8 Å². The molecule has 3 rings (SSSR count). The summed E-state index contributed by atoms with van der Waals surface area (Å²) >= 11 is 1.45. The molecule has 0 saturated carbocycles. The molecule has 1 N–H and O–H groups in total. The monoisotopic (exact) mass is 421 g/mol. The second-order valence-corrected chi connectivity index (χ2v) is 6.69. The largest absolute Gasteiger partial charge is 0.458 e. The Balaban J connectivity index is 0.00000136. The molecule has 1 aromatic heterocycles. The van der Waals surface area contributed by atoms with Gasteiger partial charge in [-0.3, -0.25) is 9.36 Å². The van der Waals surface area contributed by atoms with Crippen molar-refractivity contribution in [3.8, 4) is 0 Å². The maximum Gasteiger partial charge on any atom is 0.351 e. The van der Waals surface area contributed by atoms with E-state index in [2.05, 4.69) is 10.3 Å². The van der Waals surface area contributed by atoms with Crippen molar-refractivity contribution >= 4 is 29.5 Å². The average molecular weight is 422 g/mol. The van der Waals surface area contributed by atoms with E-state index >= 15 is 0 Å². The molecule has 1 fully saturated rings. The highest BCUT2D eigenvalue weighted by atomic mass is 32.2. The van der Waals surface area contributed by atoms with Crippen LogP contribution in [0.15, 0.2) is 47.4 Å². The van der Waals surface area contributed by atoms with Gasteiger partial charge in [-0.15, -0.1) is 11.8 Å². The standard InChI is InChI=1S/C17H17N3O5S.C2H6.CH4/c1-11(21)18-13-7-8-20(17(23)19-13)14-10-26-15(25-14)9-24-16(22)12-5-3-2-4-6-12;1-2;/h2-8,14-15H,9-10H2,1H3,(H,18,19,21,23);1-2H3;1H4. The van der Waals surface area contributed by atoms with Crippen LogP contribution >= 0.6 is 11.8 Å². The molecule has 2 aromatic rings. The first kappa shape index (κ1) is 24.4. The minimum Gasteiger partial charge on any atom is -0.458 e. The van der Waals surface area contributed by atoms with E-state index in [0.717, 1.165) is 0 Å². The molecule has 1 aliphatic heterocycles. The molecule has 2 unspecified atom stereocenters. The number of nitrogens with one attached hydrogen (secondary N) is 1. The van der Waals surface area contributed by atoms with E-state index < -0.39 is 17.9 Å². The Bertz CT molecular complexity index is 857. The number of carbonyl (C=O) groups is 2. The van der Waals surface area contributed by atoms with E-state index in [9.17, 15) is 14.4 Å². The molecule has 158 valence electrons. The van der Waals surface area contributed by atoms with Crippen molar-refractivity contribution in [2.75, 3.05) is 17.7 Å². The third-order valence-electron chi connectivity index (χ3n) is 3.54. The highest BCUT2D eigenvalue weighted by molar-refractivity contribution is 8.00. The Morgan fingerprint density at radius 1 is 1.28 bits per heavy atom. The van der Waals surface area contributed by atoms with Crippen molar-refractivity contribution in [1.82, 2.24) is 9.55 Å². The van der Waals surface area contributed by atoms with Crippen LogP contribution in [0.1, 0.15) is 44.8 Å². The van der Waals surface area contributed by atoms with Gasteiger partial charge in [-0.05, 0) is 18.2 Å². The number of hydrogen-bond donors (Lipinski definition) is 1. The molecule has 29 heavy (non-hydrogen) atoms. The Hall–Kier alpha value is -2.65. The number of benzene rings is 1. The van der Waals surface area contributed by atoms with Crippen LogP contribution in [0.5, 0.6) is 0 Å². The fraction of sp³-hybridized carbons (Fsp3) is 0.400. The molecule has 1 aromatic carbocycles. The number of anilines is 1. The topological polar surface area (TPSA) is 99.5 Å². The number of rotatable bonds is 5. The highest BCUT2D eigenvalue weighted by Gasteiger charge is 2.29. The van der Waals surface area contributed by atoms with E-state index in [4.69, 9.17) is 9.47 Å². The minimum atomic E-state index is -0.524. The second kappa shape index (κ2) is 12.0. The van der Waals surface area contributed by atoms with Gasteiger partial charge >= 0.3 is 11.7 Å². The number of nitrogens with zero attached hydrogens (tertiary/aromatic N) is 2. The molecule has 0 radical (unpaired) electrons. The van der Waals surface area contributed by atoms with Crippen molar-refractivity contribution < 1.29 is 19.1 Å². The second-order valence-electron chi connectivity index (χ2n) is 5.50. The number of carbonyl (C=O) groups excluding carboxylic acids is 2. The van der Waals surface area contributed by atoms with Crippen molar-refractivity contribution in [2.24, 2.45) is 0 Å². The first-order valence-corrected chi connectivity index (χ1v) is 9.94. The zero-order chi connectivity index (χ0) is 20.5. The predicted molar refractivity (Wildman–Crippen MR) is 114 cm³/mol. The fourth-order valence-electron chi connectivity index (χ4n) is 2.36. The number of esters is 1. The molecular weight excluding hydrogens is 394 g/mol. The van der Waals surface area contributed by atoms with Gasteiger partial charge in [-0.2, -0.15) is 4.98 Å². The quantitative estimate of drug-likeness (QED) is 0.739. The Labute approximate surface area is 174 Å². The molecule has 2 heterocycles. The first-order chi connectivity index (χ1) is 13.5. The zero-order valence-electron chi connectivity index (χ0n) is 16.0. The van der Waals surface area contributed by atoms with Gasteiger partial charge in [0, 0.05) is 18.9 Å². The molecule has 2 atom stereocenters. The third-order valence-corrected chi connectivity index (χ3v) is 4.63. The van der Waals surface area contributed by atoms with Gasteiger partial charge in [0.15, 0.2) is 0 Å². The van der Waals surface area contributed by atoms with E-state index in [1.54, 1.807) is 24.3 Å². The summed E-state index contributed by atoms with van der Waals surface area (Å²) in [5, 5.41) is 2.45. The molecule has 1 amide bonds. The van der Waals surface area contributed by atoms with E-state index in [-0.39, 0.29) is 31.2 Å². The molecule has 0 bridgehead atoms. The van der Waals surface area contributed by atoms with Crippen LogP contribution in [0.2, 0.25) is 0 Å². The molecule has 8 nitrogen and oxygen atoms in total. The number of hydrogen-bond acceptors (Lipinski definition) is 7. The number of amides is 1. The summed E-state index contributed by atoms with van der Waals surface area (Å²) in [6.07, 6.45) is 1.01. The van der Waals surface area contributed by atoms with Gasteiger partial charge in [-0.25, -0.2) is 9.59 Å². The van der Waals surface area contributed by atoms with Crippen molar-refractivity contribution in [1.29, 1.82) is 0 Å². The zero-order valence-corrected chi connectivity index (χ0v) is 16.8. The smallest absolute Gasteiger partial charge is 0.351 e. The lowest BCUT2D eigenvalue weighted by Crippen LogP contribution is -2.29. The van der Waals surface area contributed by atoms with E-state index in [1.807, 2.05) is 19.9 Å². The summed E-state index contributed by atoms with van der Waals surface area (Å²) in [4.78, 5) is 38.8. The van der Waals surface area contributed by atoms with Crippen LogP contribution < -0.4 is 11.0 Å². The normalized spacial score (nSPS) is 17.3. The Morgan fingerprint density at radius 2 is 1.97 bits per heavy atom. The van der Waals surface area contributed by atoms with Crippen LogP contribution in [-0.4, -0.2) is 39.2 Å². The van der Waals surface area contributed by atoms with Crippen LogP contribution in [0.25, 0.3) is 0 Å². The summed E-state index contributed by atoms with van der Waals surface area (Å²) in [5.41, 5.74) is -0.417. The van der Waals surface area contributed by atoms with Crippen LogP contribution in [0, 0.1) is 0 Å². The summed E-state index contributed by atoms with van der Waals surface area (Å²) in [6.45, 7) is 5.42. The van der Waals surface area contributed by atoms with Crippen molar-refractivity contribution in [3.05, 3.63) is 58.6 Å². The molecular formula is C20H27N3O5S. The molecule has 1 aliphatic rings. The SMILES string of the molecule is C.CC.CC(=O)Nc1ccn(C2CSC(COC(=O)c3ccccc3)O2)c(=O)n1. The van der Waals surface area contributed by atoms with Crippen molar-refractivity contribution in [2.45, 2.75) is 39.9 Å². The van der Waals surface area contributed by atoms with Gasteiger partial charge in [0.1, 0.15) is 24.1 Å².